The summed E-state index contributed by atoms with van der Waals surface area (Å²) in [5.74, 6) is 0.455. The van der Waals surface area contributed by atoms with Gasteiger partial charge in [-0.05, 0) is 44.6 Å². The van der Waals surface area contributed by atoms with Gasteiger partial charge in [0.05, 0.1) is 6.33 Å². The maximum atomic E-state index is 12.2. The lowest BCUT2D eigenvalue weighted by Crippen LogP contribution is -2.15. The number of nitrogens with one attached hydrogen (secondary N) is 2. The summed E-state index contributed by atoms with van der Waals surface area (Å²) < 4.78 is 0. The molecule has 1 saturated carbocycles. The number of aromatic nitrogens is 2. The lowest BCUT2D eigenvalue weighted by molar-refractivity contribution is -0.117. The van der Waals surface area contributed by atoms with Gasteiger partial charge in [-0.3, -0.25) is 4.79 Å². The van der Waals surface area contributed by atoms with Gasteiger partial charge in [-0.15, -0.1) is 0 Å². The van der Waals surface area contributed by atoms with E-state index in [1.165, 1.54) is 5.56 Å². The third-order valence-corrected chi connectivity index (χ3v) is 4.12. The molecule has 2 aromatic rings. The lowest BCUT2D eigenvalue weighted by Gasteiger charge is -2.10. The van der Waals surface area contributed by atoms with Gasteiger partial charge < -0.3 is 15.2 Å². The molecular formula is C17H22N4O. The molecule has 3 rings (SSSR count). The quantitative estimate of drug-likeness (QED) is 0.860. The van der Waals surface area contributed by atoms with Crippen molar-refractivity contribution in [2.75, 3.05) is 26.0 Å². The Kier molecular flexibility index (Phi) is 4.24. The molecular weight excluding hydrogens is 276 g/mol. The molecule has 1 heterocycles. The fraction of sp³-hybridized carbons (Fsp3) is 0.412. The van der Waals surface area contributed by atoms with E-state index in [-0.39, 0.29) is 11.8 Å². The number of carbonyl (C=O) groups excluding carboxylic acids is 1. The number of carbonyl (C=O) groups is 1. The molecule has 1 amide bonds. The Morgan fingerprint density at radius 3 is 2.77 bits per heavy atom. The Balaban J connectivity index is 1.52. The predicted molar refractivity (Wildman–Crippen MR) is 86.8 cm³/mol. The first kappa shape index (κ1) is 14.8. The van der Waals surface area contributed by atoms with E-state index in [1.54, 1.807) is 12.5 Å². The number of likely N-dealkylation sites (N-methyl/N-ethyl adjacent to an activating group) is 1. The van der Waals surface area contributed by atoms with Crippen molar-refractivity contribution in [3.05, 3.63) is 48.0 Å². The molecule has 0 unspecified atom stereocenters. The Morgan fingerprint density at radius 2 is 2.14 bits per heavy atom. The van der Waals surface area contributed by atoms with E-state index in [0.717, 1.165) is 30.8 Å². The zero-order valence-electron chi connectivity index (χ0n) is 13.0. The van der Waals surface area contributed by atoms with Crippen molar-refractivity contribution in [2.45, 2.75) is 18.8 Å². The van der Waals surface area contributed by atoms with Crippen LogP contribution in [-0.2, 0) is 11.2 Å². The Labute approximate surface area is 130 Å². The van der Waals surface area contributed by atoms with Gasteiger partial charge in [0.15, 0.2) is 0 Å². The molecule has 22 heavy (non-hydrogen) atoms. The Hall–Kier alpha value is -2.14. The zero-order chi connectivity index (χ0) is 15.5. The number of H-pyrrole nitrogens is 1. The summed E-state index contributed by atoms with van der Waals surface area (Å²) in [6.45, 7) is 1.03. The normalized spacial score (nSPS) is 20.1. The topological polar surface area (TPSA) is 61.0 Å². The summed E-state index contributed by atoms with van der Waals surface area (Å²) >= 11 is 0. The van der Waals surface area contributed by atoms with E-state index < -0.39 is 0 Å². The van der Waals surface area contributed by atoms with E-state index >= 15 is 0 Å². The molecule has 0 bridgehead atoms. The van der Waals surface area contributed by atoms with Gasteiger partial charge in [-0.1, -0.05) is 12.1 Å². The number of rotatable bonds is 6. The van der Waals surface area contributed by atoms with Gasteiger partial charge in [-0.25, -0.2) is 4.98 Å². The smallest absolute Gasteiger partial charge is 0.228 e. The van der Waals surface area contributed by atoms with Crippen molar-refractivity contribution >= 4 is 11.6 Å². The van der Waals surface area contributed by atoms with Gasteiger partial charge >= 0.3 is 0 Å². The predicted octanol–water partition coefficient (Wildman–Crippen LogP) is 2.26. The minimum absolute atomic E-state index is 0.0638. The van der Waals surface area contributed by atoms with Crippen LogP contribution >= 0.6 is 0 Å². The van der Waals surface area contributed by atoms with Crippen LogP contribution in [0.1, 0.15) is 23.6 Å². The molecule has 116 valence electrons. The van der Waals surface area contributed by atoms with Crippen LogP contribution in [0.3, 0.4) is 0 Å². The molecule has 1 fully saturated rings. The minimum Gasteiger partial charge on any atom is -0.348 e. The largest absolute Gasteiger partial charge is 0.348 e. The van der Waals surface area contributed by atoms with E-state index in [2.05, 4.69) is 46.4 Å². The highest BCUT2D eigenvalue weighted by atomic mass is 16.2. The number of anilines is 1. The van der Waals surface area contributed by atoms with Gasteiger partial charge in [0, 0.05) is 36.0 Å². The van der Waals surface area contributed by atoms with Crippen LogP contribution in [0.5, 0.6) is 0 Å². The molecule has 1 aliphatic rings. The van der Waals surface area contributed by atoms with Gasteiger partial charge in [0.1, 0.15) is 0 Å². The van der Waals surface area contributed by atoms with Gasteiger partial charge in [0.2, 0.25) is 5.91 Å². The minimum atomic E-state index is 0.0638. The highest BCUT2D eigenvalue weighted by Crippen LogP contribution is 2.47. The standard InChI is InChI=1S/C17H22N4O/c1-21(2)8-7-12-3-5-13(6-4-12)20-17(22)15-9-14(15)16-10-18-11-19-16/h3-6,10-11,14-15H,7-9H2,1-2H3,(H,18,19)(H,20,22)/t14-,15-/m1/s1. The first-order chi connectivity index (χ1) is 10.6. The van der Waals surface area contributed by atoms with Crippen molar-refractivity contribution in [3.8, 4) is 0 Å². The average molecular weight is 298 g/mol. The van der Waals surface area contributed by atoms with Crippen molar-refractivity contribution in [3.63, 3.8) is 0 Å². The molecule has 5 nitrogen and oxygen atoms in total. The molecule has 0 aliphatic heterocycles. The van der Waals surface area contributed by atoms with Crippen LogP contribution in [0.25, 0.3) is 0 Å². The van der Waals surface area contributed by atoms with Crippen LogP contribution < -0.4 is 5.32 Å². The van der Waals surface area contributed by atoms with E-state index in [0.29, 0.717) is 5.92 Å². The second-order valence-corrected chi connectivity index (χ2v) is 6.20. The highest BCUT2D eigenvalue weighted by Gasteiger charge is 2.44. The van der Waals surface area contributed by atoms with Gasteiger partial charge in [0.25, 0.3) is 0 Å². The second kappa shape index (κ2) is 6.32. The van der Waals surface area contributed by atoms with Crippen molar-refractivity contribution < 1.29 is 4.79 Å². The van der Waals surface area contributed by atoms with E-state index in [9.17, 15) is 4.79 Å². The zero-order valence-corrected chi connectivity index (χ0v) is 13.0. The SMILES string of the molecule is CN(C)CCc1ccc(NC(=O)[C@@H]2C[C@H]2c2cnc[nH]2)cc1. The summed E-state index contributed by atoms with van der Waals surface area (Å²) in [7, 11) is 4.14. The third kappa shape index (κ3) is 3.54. The summed E-state index contributed by atoms with van der Waals surface area (Å²) in [5, 5.41) is 3.00. The summed E-state index contributed by atoms with van der Waals surface area (Å²) in [6, 6.07) is 8.13. The molecule has 2 N–H and O–H groups in total. The van der Waals surface area contributed by atoms with Crippen LogP contribution in [-0.4, -0.2) is 41.4 Å². The van der Waals surface area contributed by atoms with E-state index in [1.807, 2.05) is 12.1 Å². The molecule has 2 atom stereocenters. The maximum Gasteiger partial charge on any atom is 0.228 e. The number of amides is 1. The van der Waals surface area contributed by atoms with Crippen molar-refractivity contribution in [1.82, 2.24) is 14.9 Å². The third-order valence-electron chi connectivity index (χ3n) is 4.12. The lowest BCUT2D eigenvalue weighted by atomic mass is 10.1. The van der Waals surface area contributed by atoms with Crippen LogP contribution in [0, 0.1) is 5.92 Å². The van der Waals surface area contributed by atoms with Gasteiger partial charge in [-0.2, -0.15) is 0 Å². The first-order valence-corrected chi connectivity index (χ1v) is 7.66. The second-order valence-electron chi connectivity index (χ2n) is 6.20. The number of aromatic amines is 1. The number of nitrogens with zero attached hydrogens (tertiary/aromatic N) is 2. The first-order valence-electron chi connectivity index (χ1n) is 7.66. The summed E-state index contributed by atoms with van der Waals surface area (Å²) in [6.07, 6.45) is 5.38. The number of imidazole rings is 1. The maximum absolute atomic E-state index is 12.2. The highest BCUT2D eigenvalue weighted by molar-refractivity contribution is 5.95. The number of hydrogen-bond acceptors (Lipinski definition) is 3. The molecule has 5 heteroatoms. The molecule has 1 aromatic carbocycles. The molecule has 0 spiro atoms. The fourth-order valence-electron chi connectivity index (χ4n) is 2.64. The van der Waals surface area contributed by atoms with Crippen molar-refractivity contribution in [1.29, 1.82) is 0 Å². The Bertz CT molecular complexity index is 619. The molecule has 0 saturated heterocycles. The van der Waals surface area contributed by atoms with E-state index in [4.69, 9.17) is 0 Å². The van der Waals surface area contributed by atoms with Crippen molar-refractivity contribution in [2.24, 2.45) is 5.92 Å². The van der Waals surface area contributed by atoms with Crippen LogP contribution in [0.2, 0.25) is 0 Å². The van der Waals surface area contributed by atoms with Crippen LogP contribution in [0.4, 0.5) is 5.69 Å². The number of benzene rings is 1. The molecule has 1 aromatic heterocycles. The Morgan fingerprint density at radius 1 is 1.36 bits per heavy atom. The fourth-order valence-corrected chi connectivity index (χ4v) is 2.64. The summed E-state index contributed by atoms with van der Waals surface area (Å²) in [4.78, 5) is 21.5. The van der Waals surface area contributed by atoms with Crippen LogP contribution in [0.15, 0.2) is 36.8 Å². The summed E-state index contributed by atoms with van der Waals surface area (Å²) in [5.41, 5.74) is 3.21. The molecule has 1 aliphatic carbocycles. The molecule has 0 radical (unpaired) electrons. The average Bonchev–Trinajstić information content (AvgIpc) is 3.12. The number of hydrogen-bond donors (Lipinski definition) is 2. The monoisotopic (exact) mass is 298 g/mol.